The Morgan fingerprint density at radius 3 is 1.46 bits per heavy atom. The number of nitrogens with zero attached hydrogens (tertiary/aromatic N) is 5. The highest BCUT2D eigenvalue weighted by atomic mass is 19.4. The molecule has 3 heterocycles. The molecular formula is C32H24F8N6O4. The van der Waals surface area contributed by atoms with E-state index in [0.717, 1.165) is 38.8 Å². The van der Waals surface area contributed by atoms with Crippen molar-refractivity contribution in [2.24, 2.45) is 5.73 Å². The molecule has 2 amide bonds. The van der Waals surface area contributed by atoms with Gasteiger partial charge >= 0.3 is 12.4 Å². The molecule has 18 heteroatoms. The van der Waals surface area contributed by atoms with Crippen molar-refractivity contribution in [2.45, 2.75) is 25.4 Å². The third kappa shape index (κ3) is 6.73. The van der Waals surface area contributed by atoms with Gasteiger partial charge in [-0.05, 0) is 48.5 Å². The summed E-state index contributed by atoms with van der Waals surface area (Å²) in [5.41, 5.74) is 3.48. The summed E-state index contributed by atoms with van der Waals surface area (Å²) in [5, 5.41) is 6.84. The number of rotatable bonds is 7. The van der Waals surface area contributed by atoms with Gasteiger partial charge in [0.15, 0.2) is 34.5 Å². The Kier molecular flexibility index (Phi) is 9.67. The van der Waals surface area contributed by atoms with Gasteiger partial charge in [-0.3, -0.25) is 14.5 Å². The van der Waals surface area contributed by atoms with E-state index in [4.69, 9.17) is 15.2 Å². The van der Waals surface area contributed by atoms with Gasteiger partial charge in [0.25, 0.3) is 11.8 Å². The number of hydrogen-bond acceptors (Lipinski definition) is 7. The van der Waals surface area contributed by atoms with Gasteiger partial charge < -0.3 is 15.2 Å². The van der Waals surface area contributed by atoms with Crippen molar-refractivity contribution in [1.29, 1.82) is 0 Å². The highest BCUT2D eigenvalue weighted by Gasteiger charge is 2.38. The number of imide groups is 1. The van der Waals surface area contributed by atoms with Crippen molar-refractivity contribution in [3.63, 3.8) is 0 Å². The first-order chi connectivity index (χ1) is 23.6. The van der Waals surface area contributed by atoms with Crippen molar-refractivity contribution >= 4 is 11.8 Å². The lowest BCUT2D eigenvalue weighted by Crippen LogP contribution is -2.30. The van der Waals surface area contributed by atoms with Gasteiger partial charge in [0.05, 0.1) is 43.3 Å². The lowest BCUT2D eigenvalue weighted by atomic mass is 10.1. The molecule has 0 saturated carbocycles. The number of halogens is 8. The third-order valence-corrected chi connectivity index (χ3v) is 7.46. The molecule has 6 rings (SSSR count). The van der Waals surface area contributed by atoms with Crippen LogP contribution in [0, 0.1) is 11.6 Å². The van der Waals surface area contributed by atoms with E-state index < -0.39 is 53.7 Å². The quantitative estimate of drug-likeness (QED) is 0.155. The highest BCUT2D eigenvalue weighted by Crippen LogP contribution is 2.33. The number of carbonyl (C=O) groups is 2. The second kappa shape index (κ2) is 13.6. The van der Waals surface area contributed by atoms with Gasteiger partial charge in [-0.25, -0.2) is 18.1 Å². The molecule has 262 valence electrons. The van der Waals surface area contributed by atoms with E-state index in [1.807, 2.05) is 0 Å². The summed E-state index contributed by atoms with van der Waals surface area (Å²) in [6.07, 6.45) is -7.11. The Hall–Kier alpha value is -5.78. The number of ether oxygens (including phenoxy) is 2. The van der Waals surface area contributed by atoms with Crippen LogP contribution in [0.1, 0.15) is 43.2 Å². The Balaban J connectivity index is 0.000000211. The highest BCUT2D eigenvalue weighted by molar-refractivity contribution is 6.21. The fraction of sp³-hybridized carbons (Fsp3) is 0.188. The van der Waals surface area contributed by atoms with Crippen LogP contribution in [0.25, 0.3) is 11.4 Å². The van der Waals surface area contributed by atoms with Crippen molar-refractivity contribution in [3.8, 4) is 22.9 Å². The van der Waals surface area contributed by atoms with Gasteiger partial charge in [-0.2, -0.15) is 36.5 Å². The van der Waals surface area contributed by atoms with Crippen molar-refractivity contribution in [1.82, 2.24) is 24.5 Å². The monoisotopic (exact) mass is 708 g/mol. The van der Waals surface area contributed by atoms with E-state index >= 15 is 4.39 Å². The van der Waals surface area contributed by atoms with Crippen molar-refractivity contribution in [2.75, 3.05) is 14.2 Å². The maximum absolute atomic E-state index is 15.1. The molecule has 0 unspecified atom stereocenters. The molecule has 0 aliphatic carbocycles. The summed E-state index contributed by atoms with van der Waals surface area (Å²) in [6, 6.07) is 12.9. The largest absolute Gasteiger partial charge is 0.494 e. The molecule has 1 aliphatic heterocycles. The standard InChI is InChI=1S/C20H13F4N3O3.C12H11F4N3O/c1-30-15-7-6-14(27-9-8-16(25-27)20(22,23)24)13(17(15)21)10-26-18(28)11-4-2-3-5-12(11)19(26)29;1-20-9-3-2-8(7(6-17)11(9)13)19-5-4-10(18-19)12(14,15)16/h2-9H,10H2,1H3;2-5H,6,17H2,1H3. The Labute approximate surface area is 277 Å². The number of alkyl halides is 6. The molecule has 0 saturated heterocycles. The normalized spacial score (nSPS) is 12.9. The van der Waals surface area contributed by atoms with Crippen LogP contribution in [0.2, 0.25) is 0 Å². The summed E-state index contributed by atoms with van der Waals surface area (Å²) in [6.45, 7) is -0.703. The van der Waals surface area contributed by atoms with E-state index in [9.17, 15) is 40.3 Å². The van der Waals surface area contributed by atoms with Crippen LogP contribution in [-0.4, -0.2) is 50.5 Å². The van der Waals surface area contributed by atoms with E-state index in [1.54, 1.807) is 12.1 Å². The van der Waals surface area contributed by atoms with Crippen LogP contribution in [0.5, 0.6) is 11.5 Å². The molecule has 0 fully saturated rings. The van der Waals surface area contributed by atoms with Crippen LogP contribution >= 0.6 is 0 Å². The Bertz CT molecular complexity index is 2040. The lowest BCUT2D eigenvalue weighted by molar-refractivity contribution is -0.142. The number of fused-ring (bicyclic) bond motifs is 1. The maximum Gasteiger partial charge on any atom is 0.435 e. The van der Waals surface area contributed by atoms with Crippen LogP contribution in [0.3, 0.4) is 0 Å². The number of nitrogens with two attached hydrogens (primary N) is 1. The van der Waals surface area contributed by atoms with E-state index in [1.165, 1.54) is 50.6 Å². The molecule has 0 atom stereocenters. The minimum Gasteiger partial charge on any atom is -0.494 e. The molecule has 2 N–H and O–H groups in total. The zero-order chi connectivity index (χ0) is 36.5. The molecular weight excluding hydrogens is 684 g/mol. The first kappa shape index (κ1) is 35.5. The van der Waals surface area contributed by atoms with E-state index in [0.29, 0.717) is 0 Å². The minimum absolute atomic E-state index is 0.0289. The number of hydrogen-bond donors (Lipinski definition) is 1. The predicted octanol–water partition coefficient (Wildman–Crippen LogP) is 6.33. The zero-order valence-electron chi connectivity index (χ0n) is 25.8. The first-order valence-electron chi connectivity index (χ1n) is 14.2. The molecule has 10 nitrogen and oxygen atoms in total. The van der Waals surface area contributed by atoms with E-state index in [-0.39, 0.29) is 51.7 Å². The van der Waals surface area contributed by atoms with Crippen molar-refractivity contribution < 1.29 is 54.2 Å². The second-order valence-electron chi connectivity index (χ2n) is 10.4. The molecule has 2 aromatic heterocycles. The summed E-state index contributed by atoms with van der Waals surface area (Å²) >= 11 is 0. The van der Waals surface area contributed by atoms with Crippen LogP contribution in [0.4, 0.5) is 35.1 Å². The van der Waals surface area contributed by atoms with Crippen LogP contribution < -0.4 is 15.2 Å². The molecule has 0 bridgehead atoms. The smallest absolute Gasteiger partial charge is 0.435 e. The van der Waals surface area contributed by atoms with Crippen LogP contribution in [0.15, 0.2) is 73.1 Å². The fourth-order valence-electron chi connectivity index (χ4n) is 5.03. The summed E-state index contributed by atoms with van der Waals surface area (Å²) in [5.74, 6) is -3.08. The summed E-state index contributed by atoms with van der Waals surface area (Å²) in [7, 11) is 2.51. The van der Waals surface area contributed by atoms with Gasteiger partial charge in [0.1, 0.15) is 0 Å². The lowest BCUT2D eigenvalue weighted by Gasteiger charge is -2.18. The van der Waals surface area contributed by atoms with Gasteiger partial charge in [0, 0.05) is 30.1 Å². The first-order valence-corrected chi connectivity index (χ1v) is 14.2. The number of carbonyl (C=O) groups excluding carboxylic acids is 2. The predicted molar refractivity (Wildman–Crippen MR) is 159 cm³/mol. The molecule has 50 heavy (non-hydrogen) atoms. The fourth-order valence-corrected chi connectivity index (χ4v) is 5.03. The second-order valence-corrected chi connectivity index (χ2v) is 10.4. The summed E-state index contributed by atoms with van der Waals surface area (Å²) < 4.78 is 117. The Morgan fingerprint density at radius 2 is 1.08 bits per heavy atom. The molecule has 0 radical (unpaired) electrons. The SMILES string of the molecule is COc1ccc(-n2ccc(C(F)(F)F)n2)c(CN)c1F.COc1ccc(-n2ccc(C(F)(F)F)n2)c(CN2C(=O)c3ccccc3C2=O)c1F. The number of methoxy groups -OCH3 is 2. The van der Waals surface area contributed by atoms with Gasteiger partial charge in [-0.1, -0.05) is 12.1 Å². The zero-order valence-corrected chi connectivity index (χ0v) is 25.8. The average Bonchev–Trinajstić information content (AvgIpc) is 3.83. The molecule has 5 aromatic rings. The van der Waals surface area contributed by atoms with Crippen molar-refractivity contribution in [3.05, 3.63) is 118 Å². The third-order valence-electron chi connectivity index (χ3n) is 7.46. The van der Waals surface area contributed by atoms with E-state index in [2.05, 4.69) is 10.2 Å². The minimum atomic E-state index is -4.68. The maximum atomic E-state index is 15.1. The topological polar surface area (TPSA) is 117 Å². The molecule has 3 aromatic carbocycles. The Morgan fingerprint density at radius 1 is 0.660 bits per heavy atom. The summed E-state index contributed by atoms with van der Waals surface area (Å²) in [4.78, 5) is 26.1. The van der Waals surface area contributed by atoms with Gasteiger partial charge in [-0.15, -0.1) is 0 Å². The molecule has 1 aliphatic rings. The number of amides is 2. The van der Waals surface area contributed by atoms with Crippen LogP contribution in [-0.2, 0) is 25.4 Å². The number of benzene rings is 3. The number of aromatic nitrogens is 4. The van der Waals surface area contributed by atoms with Gasteiger partial charge in [0.2, 0.25) is 0 Å². The average molecular weight is 709 g/mol. The molecule has 0 spiro atoms.